The third-order valence-corrected chi connectivity index (χ3v) is 13.1. The van der Waals surface area contributed by atoms with E-state index in [-0.39, 0.29) is 0 Å². The molecule has 0 heterocycles. The highest BCUT2D eigenvalue weighted by Gasteiger charge is 2.53. The molecule has 5 nitrogen and oxygen atoms in total. The Morgan fingerprint density at radius 2 is 0.957 bits per heavy atom. The van der Waals surface area contributed by atoms with Crippen LogP contribution in [0.5, 0.6) is 0 Å². The number of ether oxygens (including phenoxy) is 1. The van der Waals surface area contributed by atoms with Crippen molar-refractivity contribution in [1.82, 2.24) is 0 Å². The number of hydrogen-bond donors (Lipinski definition) is 0. The van der Waals surface area contributed by atoms with Crippen LogP contribution in [0, 0.1) is 0 Å². The molecule has 0 aliphatic heterocycles. The molecule has 0 rings (SSSR count). The van der Waals surface area contributed by atoms with Crippen LogP contribution in [0.15, 0.2) is 0 Å². The minimum absolute atomic E-state index is 0.450. The molecule has 0 aromatic carbocycles. The second kappa shape index (κ2) is 9.39. The summed E-state index contributed by atoms with van der Waals surface area (Å²) in [7, 11) is -8.79. The summed E-state index contributed by atoms with van der Waals surface area (Å²) in [5.41, 5.74) is 0. The highest BCUT2D eigenvalue weighted by Crippen LogP contribution is 2.26. The topological polar surface area (TPSA) is 46.2 Å². The van der Waals surface area contributed by atoms with Gasteiger partial charge < -0.3 is 21.5 Å². The molecule has 0 radical (unpaired) electrons. The first-order valence-corrected chi connectivity index (χ1v) is 20.4. The van der Waals surface area contributed by atoms with Crippen molar-refractivity contribution in [2.75, 3.05) is 19.8 Å². The third-order valence-electron chi connectivity index (χ3n) is 2.15. The van der Waals surface area contributed by atoms with E-state index in [9.17, 15) is 0 Å². The fraction of sp³-hybridized carbons (Fsp3) is 1.00. The third kappa shape index (κ3) is 13.6. The maximum atomic E-state index is 6.41. The van der Waals surface area contributed by atoms with Crippen LogP contribution >= 0.6 is 0 Å². The van der Waals surface area contributed by atoms with Crippen LogP contribution in [-0.2, 0) is 21.5 Å². The summed E-state index contributed by atoms with van der Waals surface area (Å²) >= 11 is 0. The molecule has 23 heavy (non-hydrogen) atoms. The monoisotopic (exact) mass is 398 g/mol. The SMILES string of the molecule is CCCOCCO[Si](O[Si](C)(C)C)(O[Si](C)(C)C)O[Si](C)(C)C. The molecule has 0 atom stereocenters. The summed E-state index contributed by atoms with van der Waals surface area (Å²) in [6, 6.07) is 0. The summed E-state index contributed by atoms with van der Waals surface area (Å²) in [4.78, 5) is 0. The van der Waals surface area contributed by atoms with Crippen molar-refractivity contribution in [1.29, 1.82) is 0 Å². The second-order valence-corrected chi connectivity index (χ2v) is 25.0. The number of rotatable bonds is 12. The first-order valence-electron chi connectivity index (χ1n) is 8.50. The van der Waals surface area contributed by atoms with E-state index in [1.807, 2.05) is 0 Å². The van der Waals surface area contributed by atoms with Crippen molar-refractivity contribution in [3.05, 3.63) is 0 Å². The van der Waals surface area contributed by atoms with E-state index in [1.165, 1.54) is 0 Å². The molecule has 0 aliphatic carbocycles. The average molecular weight is 399 g/mol. The highest BCUT2D eigenvalue weighted by molar-refractivity contribution is 6.87. The maximum absolute atomic E-state index is 6.41. The van der Waals surface area contributed by atoms with Gasteiger partial charge >= 0.3 is 9.05 Å². The summed E-state index contributed by atoms with van der Waals surface area (Å²) in [5.74, 6) is 0. The van der Waals surface area contributed by atoms with E-state index in [0.29, 0.717) is 13.2 Å². The molecule has 0 spiro atoms. The quantitative estimate of drug-likeness (QED) is 0.360. The molecule has 0 aliphatic rings. The Labute approximate surface area is 147 Å². The Balaban J connectivity index is 5.21. The summed E-state index contributed by atoms with van der Waals surface area (Å²) in [6.07, 6.45) is 1.00. The van der Waals surface area contributed by atoms with Crippen LogP contribution in [0.2, 0.25) is 58.9 Å². The molecule has 9 heteroatoms. The first-order chi connectivity index (χ1) is 10.2. The zero-order valence-corrected chi connectivity index (χ0v) is 20.9. The van der Waals surface area contributed by atoms with Crippen LogP contribution in [0.4, 0.5) is 0 Å². The van der Waals surface area contributed by atoms with Gasteiger partial charge in [-0.25, -0.2) is 0 Å². The molecule has 140 valence electrons. The molecule has 0 saturated carbocycles. The molecule has 0 fully saturated rings. The Bertz CT molecular complexity index is 293. The van der Waals surface area contributed by atoms with E-state index >= 15 is 0 Å². The highest BCUT2D eigenvalue weighted by atomic mass is 28.5. The van der Waals surface area contributed by atoms with Gasteiger partial charge in [0.15, 0.2) is 25.0 Å². The van der Waals surface area contributed by atoms with Gasteiger partial charge in [-0.15, -0.1) is 0 Å². The Morgan fingerprint density at radius 3 is 1.26 bits per heavy atom. The van der Waals surface area contributed by atoms with Gasteiger partial charge in [-0.1, -0.05) is 6.92 Å². The van der Waals surface area contributed by atoms with Gasteiger partial charge in [-0.05, 0) is 65.3 Å². The van der Waals surface area contributed by atoms with Gasteiger partial charge in [0.2, 0.25) is 0 Å². The molecule has 0 N–H and O–H groups in total. The molecule has 0 aromatic rings. The predicted molar refractivity (Wildman–Crippen MR) is 106 cm³/mol. The lowest BCUT2D eigenvalue weighted by atomic mass is 10.5. The van der Waals surface area contributed by atoms with Gasteiger partial charge in [-0.3, -0.25) is 0 Å². The maximum Gasteiger partial charge on any atom is 0.647 e. The first kappa shape index (κ1) is 23.7. The standard InChI is InChI=1S/C14H38O5Si4/c1-11-12-15-13-14-16-23(17-20(2,3)4,18-21(5,6)7)19-22(8,9)10/h11-14H2,1-10H3. The molecule has 0 saturated heterocycles. The van der Waals surface area contributed by atoms with E-state index in [0.717, 1.165) is 13.0 Å². The average Bonchev–Trinajstić information content (AvgIpc) is 2.20. The molecule has 0 unspecified atom stereocenters. The summed E-state index contributed by atoms with van der Waals surface area (Å²) in [5, 5.41) is 0. The van der Waals surface area contributed by atoms with Crippen molar-refractivity contribution in [2.45, 2.75) is 72.3 Å². The fourth-order valence-electron chi connectivity index (χ4n) is 1.75. The van der Waals surface area contributed by atoms with Crippen molar-refractivity contribution < 1.29 is 21.5 Å². The van der Waals surface area contributed by atoms with Gasteiger partial charge in [0.05, 0.1) is 13.2 Å². The van der Waals surface area contributed by atoms with Crippen molar-refractivity contribution in [3.63, 3.8) is 0 Å². The van der Waals surface area contributed by atoms with Crippen molar-refractivity contribution in [2.24, 2.45) is 0 Å². The molecule has 0 aromatic heterocycles. The Hall–Kier alpha value is 0.668. The smallest absolute Gasteiger partial charge is 0.395 e. The normalized spacial score (nSPS) is 14.3. The van der Waals surface area contributed by atoms with Crippen molar-refractivity contribution in [3.8, 4) is 0 Å². The van der Waals surface area contributed by atoms with Gasteiger partial charge in [0.25, 0.3) is 0 Å². The predicted octanol–water partition coefficient (Wildman–Crippen LogP) is 4.42. The van der Waals surface area contributed by atoms with Gasteiger partial charge in [0.1, 0.15) is 0 Å². The zero-order valence-electron chi connectivity index (χ0n) is 16.9. The summed E-state index contributed by atoms with van der Waals surface area (Å²) in [6.45, 7) is 23.1. The minimum Gasteiger partial charge on any atom is -0.395 e. The Kier molecular flexibility index (Phi) is 9.66. The minimum atomic E-state index is -3.16. The molecule has 0 amide bonds. The lowest BCUT2D eigenvalue weighted by Gasteiger charge is -2.40. The van der Waals surface area contributed by atoms with E-state index in [1.54, 1.807) is 0 Å². The molecular formula is C14H38O5Si4. The van der Waals surface area contributed by atoms with Crippen LogP contribution in [0.25, 0.3) is 0 Å². The van der Waals surface area contributed by atoms with E-state index < -0.39 is 34.0 Å². The van der Waals surface area contributed by atoms with Gasteiger partial charge in [-0.2, -0.15) is 0 Å². The van der Waals surface area contributed by atoms with Gasteiger partial charge in [0, 0.05) is 6.61 Å². The number of hydrogen-bond acceptors (Lipinski definition) is 5. The lowest BCUT2D eigenvalue weighted by molar-refractivity contribution is 0.0397. The van der Waals surface area contributed by atoms with Crippen LogP contribution in [-0.4, -0.2) is 53.8 Å². The molecule has 0 bridgehead atoms. The molecular weight excluding hydrogens is 360 g/mol. The summed E-state index contributed by atoms with van der Waals surface area (Å²) < 4.78 is 30.9. The van der Waals surface area contributed by atoms with Crippen LogP contribution in [0.3, 0.4) is 0 Å². The lowest BCUT2D eigenvalue weighted by Crippen LogP contribution is -2.62. The van der Waals surface area contributed by atoms with E-state index in [4.69, 9.17) is 21.5 Å². The zero-order chi connectivity index (χ0) is 18.4. The fourth-order valence-corrected chi connectivity index (χ4v) is 13.4. The van der Waals surface area contributed by atoms with E-state index in [2.05, 4.69) is 65.8 Å². The largest absolute Gasteiger partial charge is 0.647 e. The Morgan fingerprint density at radius 1 is 0.565 bits per heavy atom. The second-order valence-electron chi connectivity index (χ2n) is 8.60. The van der Waals surface area contributed by atoms with Crippen LogP contribution < -0.4 is 0 Å². The van der Waals surface area contributed by atoms with Crippen LogP contribution in [0.1, 0.15) is 13.3 Å². The van der Waals surface area contributed by atoms with Crippen molar-refractivity contribution >= 4 is 34.0 Å².